The fourth-order valence-corrected chi connectivity index (χ4v) is 7.49. The molecular formula is C22H32N2OS2. The number of amides is 1. The van der Waals surface area contributed by atoms with Gasteiger partial charge in [-0.1, -0.05) is 13.8 Å². The van der Waals surface area contributed by atoms with Crippen LogP contribution in [0.2, 0.25) is 0 Å². The largest absolute Gasteiger partial charge is 0.352 e. The highest BCUT2D eigenvalue weighted by Crippen LogP contribution is 2.42. The minimum Gasteiger partial charge on any atom is -0.352 e. The Morgan fingerprint density at radius 1 is 1.19 bits per heavy atom. The summed E-state index contributed by atoms with van der Waals surface area (Å²) in [5.74, 6) is 2.71. The number of thioether (sulfide) groups is 1. The number of hydrogen-bond acceptors (Lipinski definition) is 4. The molecule has 2 atom stereocenters. The Hall–Kier alpha value is -0.780. The van der Waals surface area contributed by atoms with Gasteiger partial charge in [0.05, 0.1) is 4.91 Å². The molecule has 0 unspecified atom stereocenters. The summed E-state index contributed by atoms with van der Waals surface area (Å²) in [4.78, 5) is 19.0. The van der Waals surface area contributed by atoms with Gasteiger partial charge in [-0.05, 0) is 74.1 Å². The third-order valence-electron chi connectivity index (χ3n) is 6.05. The smallest absolute Gasteiger partial charge is 0.257 e. The standard InChI is InChI=1S/C22H32N2OS2/c1-15-10-16(2)13-24(12-15)9-5-8-23-22(25)21-11-20-18(14-26-21)17-6-3-4-7-19(17)27-20/h11,15-16H,3-10,12-14H2,1-2H3,(H,23,25)/t15-,16-/m1/s1. The van der Waals surface area contributed by atoms with Crippen molar-refractivity contribution in [3.63, 3.8) is 0 Å². The number of nitrogens with zero attached hydrogens (tertiary/aromatic N) is 1. The average Bonchev–Trinajstić information content (AvgIpc) is 3.02. The highest BCUT2D eigenvalue weighted by molar-refractivity contribution is 8.03. The van der Waals surface area contributed by atoms with Crippen molar-refractivity contribution in [1.82, 2.24) is 10.2 Å². The van der Waals surface area contributed by atoms with Gasteiger partial charge in [0.15, 0.2) is 0 Å². The molecule has 3 heterocycles. The molecule has 3 aliphatic rings. The normalized spacial score (nSPS) is 25.5. The molecule has 0 bridgehead atoms. The molecule has 1 saturated heterocycles. The van der Waals surface area contributed by atoms with Crippen molar-refractivity contribution < 1.29 is 4.79 Å². The van der Waals surface area contributed by atoms with Gasteiger partial charge >= 0.3 is 0 Å². The van der Waals surface area contributed by atoms with E-state index in [1.165, 1.54) is 55.6 Å². The molecule has 1 aromatic heterocycles. The van der Waals surface area contributed by atoms with Gasteiger partial charge in [-0.2, -0.15) is 0 Å². The third-order valence-corrected chi connectivity index (χ3v) is 8.38. The molecule has 4 rings (SSSR count). The van der Waals surface area contributed by atoms with Crippen LogP contribution in [0.4, 0.5) is 0 Å². The van der Waals surface area contributed by atoms with Gasteiger partial charge in [0.25, 0.3) is 5.91 Å². The first-order valence-electron chi connectivity index (χ1n) is 10.6. The number of thiophene rings is 1. The van der Waals surface area contributed by atoms with E-state index in [1.54, 1.807) is 22.2 Å². The molecule has 3 nitrogen and oxygen atoms in total. The van der Waals surface area contributed by atoms with Crippen LogP contribution in [0.5, 0.6) is 0 Å². The van der Waals surface area contributed by atoms with Crippen LogP contribution in [0, 0.1) is 11.8 Å². The van der Waals surface area contributed by atoms with E-state index in [1.807, 2.05) is 11.3 Å². The molecule has 5 heteroatoms. The molecular weight excluding hydrogens is 372 g/mol. The summed E-state index contributed by atoms with van der Waals surface area (Å²) in [5, 5.41) is 3.16. The van der Waals surface area contributed by atoms with E-state index in [2.05, 4.69) is 30.1 Å². The molecule has 27 heavy (non-hydrogen) atoms. The number of fused-ring (bicyclic) bond motifs is 3. The molecule has 2 aliphatic heterocycles. The second kappa shape index (κ2) is 8.71. The van der Waals surface area contributed by atoms with Crippen LogP contribution < -0.4 is 5.32 Å². The first-order chi connectivity index (χ1) is 13.1. The van der Waals surface area contributed by atoms with Gasteiger partial charge in [-0.3, -0.25) is 4.79 Å². The van der Waals surface area contributed by atoms with Crippen LogP contribution in [0.3, 0.4) is 0 Å². The van der Waals surface area contributed by atoms with Crippen molar-refractivity contribution in [2.45, 2.75) is 58.1 Å². The van der Waals surface area contributed by atoms with E-state index in [0.717, 1.165) is 42.0 Å². The minimum absolute atomic E-state index is 0.123. The molecule has 1 amide bonds. The maximum Gasteiger partial charge on any atom is 0.257 e. The summed E-state index contributed by atoms with van der Waals surface area (Å²) >= 11 is 3.65. The van der Waals surface area contributed by atoms with Crippen LogP contribution >= 0.6 is 23.1 Å². The summed E-state index contributed by atoms with van der Waals surface area (Å²) in [6.45, 7) is 9.02. The molecule has 0 saturated carbocycles. The van der Waals surface area contributed by atoms with E-state index in [9.17, 15) is 4.79 Å². The number of carbonyl (C=O) groups excluding carboxylic acids is 1. The number of aryl methyl sites for hydroxylation is 1. The Balaban J connectivity index is 1.27. The molecule has 148 valence electrons. The zero-order valence-electron chi connectivity index (χ0n) is 16.7. The van der Waals surface area contributed by atoms with Crippen LogP contribution in [0.1, 0.15) is 60.4 Å². The maximum atomic E-state index is 12.6. The number of rotatable bonds is 5. The molecule has 0 radical (unpaired) electrons. The molecule has 1 N–H and O–H groups in total. The summed E-state index contributed by atoms with van der Waals surface area (Å²) < 4.78 is 0. The lowest BCUT2D eigenvalue weighted by atomic mass is 9.92. The minimum atomic E-state index is 0.123. The van der Waals surface area contributed by atoms with Crippen molar-refractivity contribution in [1.29, 1.82) is 0 Å². The first-order valence-corrected chi connectivity index (χ1v) is 12.4. The Morgan fingerprint density at radius 2 is 1.96 bits per heavy atom. The monoisotopic (exact) mass is 404 g/mol. The number of piperidine rings is 1. The predicted molar refractivity (Wildman–Crippen MR) is 117 cm³/mol. The lowest BCUT2D eigenvalue weighted by Gasteiger charge is -2.34. The van der Waals surface area contributed by atoms with Crippen molar-refractivity contribution in [2.24, 2.45) is 11.8 Å². The lowest BCUT2D eigenvalue weighted by Crippen LogP contribution is -2.40. The lowest BCUT2D eigenvalue weighted by molar-refractivity contribution is -0.116. The van der Waals surface area contributed by atoms with E-state index in [-0.39, 0.29) is 5.91 Å². The zero-order valence-corrected chi connectivity index (χ0v) is 18.3. The molecule has 1 aromatic rings. The first kappa shape index (κ1) is 19.5. The fraction of sp³-hybridized carbons (Fsp3) is 0.682. The average molecular weight is 405 g/mol. The van der Waals surface area contributed by atoms with E-state index >= 15 is 0 Å². The number of hydrogen-bond donors (Lipinski definition) is 1. The number of nitrogens with one attached hydrogen (secondary N) is 1. The van der Waals surface area contributed by atoms with Gasteiger partial charge in [0.2, 0.25) is 0 Å². The maximum absolute atomic E-state index is 12.6. The van der Waals surface area contributed by atoms with Crippen molar-refractivity contribution >= 4 is 35.1 Å². The molecule has 0 aromatic carbocycles. The Bertz CT molecular complexity index is 714. The Labute approximate surface area is 172 Å². The summed E-state index contributed by atoms with van der Waals surface area (Å²) in [6, 6.07) is 0. The Kier molecular flexibility index (Phi) is 6.30. The van der Waals surface area contributed by atoms with Gasteiger partial charge in [0.1, 0.15) is 0 Å². The third kappa shape index (κ3) is 4.63. The van der Waals surface area contributed by atoms with Gasteiger partial charge in [-0.25, -0.2) is 0 Å². The molecule has 0 spiro atoms. The van der Waals surface area contributed by atoms with Crippen LogP contribution in [-0.4, -0.2) is 37.0 Å². The number of likely N-dealkylation sites (tertiary alicyclic amines) is 1. The van der Waals surface area contributed by atoms with Gasteiger partial charge in [-0.15, -0.1) is 23.1 Å². The van der Waals surface area contributed by atoms with Gasteiger partial charge < -0.3 is 10.2 Å². The number of carbonyl (C=O) groups is 1. The fourth-order valence-electron chi connectivity index (χ4n) is 4.94. The Morgan fingerprint density at radius 3 is 2.78 bits per heavy atom. The van der Waals surface area contributed by atoms with Crippen LogP contribution in [0.25, 0.3) is 6.08 Å². The van der Waals surface area contributed by atoms with Crippen LogP contribution in [0.15, 0.2) is 4.91 Å². The second-order valence-electron chi connectivity index (χ2n) is 8.67. The van der Waals surface area contributed by atoms with Crippen molar-refractivity contribution in [3.05, 3.63) is 25.8 Å². The van der Waals surface area contributed by atoms with Crippen LogP contribution in [-0.2, 0) is 23.4 Å². The SMILES string of the molecule is C[C@@H]1C[C@@H](C)CN(CCCNC(=O)C2=Cc3sc4c(c3CS2)CCCC4)C1. The van der Waals surface area contributed by atoms with E-state index in [0.29, 0.717) is 0 Å². The summed E-state index contributed by atoms with van der Waals surface area (Å²) in [6.07, 6.45) is 9.67. The predicted octanol–water partition coefficient (Wildman–Crippen LogP) is 4.70. The van der Waals surface area contributed by atoms with E-state index < -0.39 is 0 Å². The second-order valence-corrected chi connectivity index (χ2v) is 10.8. The quantitative estimate of drug-likeness (QED) is 0.722. The summed E-state index contributed by atoms with van der Waals surface area (Å²) in [7, 11) is 0. The van der Waals surface area contributed by atoms with Crippen molar-refractivity contribution in [3.8, 4) is 0 Å². The summed E-state index contributed by atoms with van der Waals surface area (Å²) in [5.41, 5.74) is 3.12. The highest BCUT2D eigenvalue weighted by atomic mass is 32.2. The molecule has 1 aliphatic carbocycles. The van der Waals surface area contributed by atoms with Crippen molar-refractivity contribution in [2.75, 3.05) is 26.2 Å². The van der Waals surface area contributed by atoms with E-state index in [4.69, 9.17) is 0 Å². The van der Waals surface area contributed by atoms with Gasteiger partial charge in [0, 0.05) is 35.1 Å². The molecule has 1 fully saturated rings. The highest BCUT2D eigenvalue weighted by Gasteiger charge is 2.25. The topological polar surface area (TPSA) is 32.3 Å². The zero-order chi connectivity index (χ0) is 18.8.